The highest BCUT2D eigenvalue weighted by molar-refractivity contribution is 6.32. The molecule has 2 N–H and O–H groups in total. The molecule has 0 fully saturated rings. The predicted molar refractivity (Wildman–Crippen MR) is 78.8 cm³/mol. The Morgan fingerprint density at radius 1 is 1.33 bits per heavy atom. The molecule has 0 heterocycles. The first kappa shape index (κ1) is 14.7. The van der Waals surface area contributed by atoms with Crippen molar-refractivity contribution in [3.05, 3.63) is 52.5 Å². The van der Waals surface area contributed by atoms with Crippen molar-refractivity contribution in [3.63, 3.8) is 0 Å². The lowest BCUT2D eigenvalue weighted by Gasteiger charge is -2.09. The van der Waals surface area contributed by atoms with Crippen molar-refractivity contribution < 1.29 is 14.6 Å². The Balaban J connectivity index is 2.26. The number of nitriles is 1. The van der Waals surface area contributed by atoms with Crippen LogP contribution in [-0.2, 0) is 0 Å². The lowest BCUT2D eigenvalue weighted by molar-refractivity contribution is 0.102. The summed E-state index contributed by atoms with van der Waals surface area (Å²) in [6, 6.07) is 10.8. The number of carbonyl (C=O) groups is 1. The Bertz CT molecular complexity index is 738. The largest absolute Gasteiger partial charge is 0.507 e. The summed E-state index contributed by atoms with van der Waals surface area (Å²) in [7, 11) is 1.47. The smallest absolute Gasteiger partial charge is 0.259 e. The van der Waals surface area contributed by atoms with Gasteiger partial charge >= 0.3 is 0 Å². The minimum Gasteiger partial charge on any atom is -0.507 e. The molecular formula is C15H11ClN2O3. The number of nitrogens with zero attached hydrogens (tertiary/aromatic N) is 1. The lowest BCUT2D eigenvalue weighted by Crippen LogP contribution is -2.12. The molecule has 0 atom stereocenters. The van der Waals surface area contributed by atoms with Crippen molar-refractivity contribution >= 4 is 23.2 Å². The van der Waals surface area contributed by atoms with Crippen LogP contribution in [0.2, 0.25) is 5.02 Å². The summed E-state index contributed by atoms with van der Waals surface area (Å²) < 4.78 is 5.01. The van der Waals surface area contributed by atoms with Gasteiger partial charge in [0.15, 0.2) is 0 Å². The monoisotopic (exact) mass is 302 g/mol. The summed E-state index contributed by atoms with van der Waals surface area (Å²) in [6.07, 6.45) is 0. The maximum Gasteiger partial charge on any atom is 0.259 e. The van der Waals surface area contributed by atoms with Gasteiger partial charge in [0.25, 0.3) is 5.91 Å². The van der Waals surface area contributed by atoms with Crippen LogP contribution in [0.4, 0.5) is 5.69 Å². The maximum absolute atomic E-state index is 12.1. The van der Waals surface area contributed by atoms with Crippen molar-refractivity contribution in [1.29, 1.82) is 5.26 Å². The van der Waals surface area contributed by atoms with Crippen LogP contribution in [0.1, 0.15) is 15.9 Å². The number of carbonyl (C=O) groups excluding carboxylic acids is 1. The molecule has 1 amide bonds. The minimum absolute atomic E-state index is 0.0785. The van der Waals surface area contributed by atoms with Crippen molar-refractivity contribution in [1.82, 2.24) is 0 Å². The molecule has 0 unspecified atom stereocenters. The van der Waals surface area contributed by atoms with Crippen LogP contribution in [0.5, 0.6) is 11.5 Å². The average molecular weight is 303 g/mol. The van der Waals surface area contributed by atoms with Crippen molar-refractivity contribution in [2.45, 2.75) is 0 Å². The summed E-state index contributed by atoms with van der Waals surface area (Å²) in [5, 5.41) is 21.4. The van der Waals surface area contributed by atoms with E-state index in [1.54, 1.807) is 12.1 Å². The molecule has 0 bridgehead atoms. The molecule has 0 radical (unpaired) electrons. The van der Waals surface area contributed by atoms with Crippen LogP contribution in [0, 0.1) is 11.3 Å². The number of amides is 1. The predicted octanol–water partition coefficient (Wildman–Crippen LogP) is 3.18. The first-order valence-electron chi connectivity index (χ1n) is 5.93. The highest BCUT2D eigenvalue weighted by Crippen LogP contribution is 2.25. The average Bonchev–Trinajstić information content (AvgIpc) is 2.48. The summed E-state index contributed by atoms with van der Waals surface area (Å²) >= 11 is 5.89. The van der Waals surface area contributed by atoms with E-state index in [0.717, 1.165) is 0 Å². The molecule has 0 aliphatic rings. The lowest BCUT2D eigenvalue weighted by atomic mass is 10.1. The van der Waals surface area contributed by atoms with Gasteiger partial charge < -0.3 is 15.2 Å². The Kier molecular flexibility index (Phi) is 4.31. The molecule has 0 saturated carbocycles. The Hall–Kier alpha value is -2.71. The number of halogens is 1. The van der Waals surface area contributed by atoms with Gasteiger partial charge in [0.2, 0.25) is 0 Å². The van der Waals surface area contributed by atoms with Crippen LogP contribution in [0.3, 0.4) is 0 Å². The number of rotatable bonds is 3. The van der Waals surface area contributed by atoms with E-state index in [9.17, 15) is 9.90 Å². The third-order valence-corrected chi connectivity index (χ3v) is 3.11. The fourth-order valence-corrected chi connectivity index (χ4v) is 1.93. The van der Waals surface area contributed by atoms with Crippen LogP contribution in [0.15, 0.2) is 36.4 Å². The molecule has 0 aliphatic carbocycles. The van der Waals surface area contributed by atoms with E-state index in [0.29, 0.717) is 17.0 Å². The molecule has 21 heavy (non-hydrogen) atoms. The number of ether oxygens (including phenoxy) is 1. The fraction of sp³-hybridized carbons (Fsp3) is 0.0667. The van der Waals surface area contributed by atoms with Gasteiger partial charge in [-0.1, -0.05) is 11.6 Å². The zero-order valence-corrected chi connectivity index (χ0v) is 11.8. The van der Waals surface area contributed by atoms with Gasteiger partial charge in [-0.15, -0.1) is 0 Å². The molecule has 6 heteroatoms. The molecule has 2 rings (SSSR count). The highest BCUT2D eigenvalue weighted by atomic mass is 35.5. The Morgan fingerprint density at radius 3 is 2.71 bits per heavy atom. The van der Waals surface area contributed by atoms with Gasteiger partial charge in [0, 0.05) is 5.69 Å². The van der Waals surface area contributed by atoms with Crippen molar-refractivity contribution in [3.8, 4) is 17.6 Å². The number of phenols is 1. The zero-order valence-electron chi connectivity index (χ0n) is 11.1. The minimum atomic E-state index is -0.507. The Labute approximate surface area is 126 Å². The van der Waals surface area contributed by atoms with Gasteiger partial charge in [0.05, 0.1) is 23.3 Å². The second kappa shape index (κ2) is 6.16. The number of hydrogen-bond acceptors (Lipinski definition) is 4. The second-order valence-corrected chi connectivity index (χ2v) is 4.55. The summed E-state index contributed by atoms with van der Waals surface area (Å²) in [5.41, 5.74) is 0.819. The maximum atomic E-state index is 12.1. The molecular weight excluding hydrogens is 292 g/mol. The first-order chi connectivity index (χ1) is 10.0. The van der Waals surface area contributed by atoms with Gasteiger partial charge in [0.1, 0.15) is 17.6 Å². The zero-order chi connectivity index (χ0) is 15.4. The normalized spacial score (nSPS) is 9.76. The molecule has 2 aromatic rings. The number of anilines is 1. The third-order valence-electron chi connectivity index (χ3n) is 2.80. The number of phenolic OH excluding ortho intramolecular Hbond substituents is 1. The summed E-state index contributed by atoms with van der Waals surface area (Å²) in [5.74, 6) is -0.212. The number of benzene rings is 2. The molecule has 0 aromatic heterocycles. The van der Waals surface area contributed by atoms with E-state index in [2.05, 4.69) is 5.32 Å². The Morgan fingerprint density at radius 2 is 2.10 bits per heavy atom. The van der Waals surface area contributed by atoms with Gasteiger partial charge in [-0.3, -0.25) is 4.79 Å². The number of hydrogen-bond donors (Lipinski definition) is 2. The second-order valence-electron chi connectivity index (χ2n) is 4.14. The summed E-state index contributed by atoms with van der Waals surface area (Å²) in [4.78, 5) is 12.1. The van der Waals surface area contributed by atoms with E-state index in [1.807, 2.05) is 6.07 Å². The van der Waals surface area contributed by atoms with Gasteiger partial charge in [-0.05, 0) is 36.4 Å². The molecule has 5 nitrogen and oxygen atoms in total. The van der Waals surface area contributed by atoms with Crippen LogP contribution < -0.4 is 10.1 Å². The van der Waals surface area contributed by atoms with Crippen LogP contribution >= 0.6 is 11.6 Å². The SMILES string of the molecule is COc1ccc(O)c(C(=O)Nc2ccc(C#N)c(Cl)c2)c1. The molecule has 106 valence electrons. The fourth-order valence-electron chi connectivity index (χ4n) is 1.71. The molecule has 0 spiro atoms. The molecule has 0 saturated heterocycles. The highest BCUT2D eigenvalue weighted by Gasteiger charge is 2.13. The first-order valence-corrected chi connectivity index (χ1v) is 6.31. The number of nitrogens with one attached hydrogen (secondary N) is 1. The van der Waals surface area contributed by atoms with Crippen LogP contribution in [-0.4, -0.2) is 18.1 Å². The molecule has 2 aromatic carbocycles. The van der Waals surface area contributed by atoms with E-state index in [1.165, 1.54) is 31.4 Å². The topological polar surface area (TPSA) is 82.3 Å². The number of methoxy groups -OCH3 is 1. The van der Waals surface area contributed by atoms with Crippen molar-refractivity contribution in [2.75, 3.05) is 12.4 Å². The molecule has 0 aliphatic heterocycles. The summed E-state index contributed by atoms with van der Waals surface area (Å²) in [6.45, 7) is 0. The number of aromatic hydroxyl groups is 1. The van der Waals surface area contributed by atoms with E-state index in [-0.39, 0.29) is 16.3 Å². The van der Waals surface area contributed by atoms with E-state index in [4.69, 9.17) is 21.6 Å². The van der Waals surface area contributed by atoms with Crippen molar-refractivity contribution in [2.24, 2.45) is 0 Å². The van der Waals surface area contributed by atoms with Crippen LogP contribution in [0.25, 0.3) is 0 Å². The van der Waals surface area contributed by atoms with E-state index >= 15 is 0 Å². The quantitative estimate of drug-likeness (QED) is 0.912. The third kappa shape index (κ3) is 3.25. The van der Waals surface area contributed by atoms with Gasteiger partial charge in [-0.25, -0.2) is 0 Å². The van der Waals surface area contributed by atoms with E-state index < -0.39 is 5.91 Å². The standard InChI is InChI=1S/C15H11ClN2O3/c1-21-11-4-5-14(19)12(7-11)15(20)18-10-3-2-9(8-17)13(16)6-10/h2-7,19H,1H3,(H,18,20). The van der Waals surface area contributed by atoms with Gasteiger partial charge in [-0.2, -0.15) is 5.26 Å².